The molecule has 2 aromatic rings. The molecule has 0 fully saturated rings. The standard InChI is InChI=1S/C15H16BrNO2/c1-10(14-6-5-13(18)8-15(14)19)17-9-11-3-2-4-12(16)7-11/h2-8,10,17-19H,9H2,1H3. The van der Waals surface area contributed by atoms with Crippen molar-refractivity contribution in [1.29, 1.82) is 0 Å². The molecule has 0 spiro atoms. The van der Waals surface area contributed by atoms with E-state index in [9.17, 15) is 10.2 Å². The zero-order chi connectivity index (χ0) is 13.8. The summed E-state index contributed by atoms with van der Waals surface area (Å²) in [6, 6.07) is 12.7. The van der Waals surface area contributed by atoms with Gasteiger partial charge in [0.2, 0.25) is 0 Å². The molecule has 3 nitrogen and oxygen atoms in total. The SMILES string of the molecule is CC(NCc1cccc(Br)c1)c1ccc(O)cc1O. The van der Waals surface area contributed by atoms with Crippen molar-refractivity contribution in [1.82, 2.24) is 5.32 Å². The highest BCUT2D eigenvalue weighted by atomic mass is 79.9. The third-order valence-electron chi connectivity index (χ3n) is 2.98. The fraction of sp³-hybridized carbons (Fsp3) is 0.200. The van der Waals surface area contributed by atoms with Crippen LogP contribution in [0.15, 0.2) is 46.9 Å². The van der Waals surface area contributed by atoms with Gasteiger partial charge in [-0.15, -0.1) is 0 Å². The average Bonchev–Trinajstić information content (AvgIpc) is 2.36. The summed E-state index contributed by atoms with van der Waals surface area (Å²) in [5.74, 6) is 0.176. The van der Waals surface area contributed by atoms with Crippen LogP contribution in [-0.2, 0) is 6.54 Å². The summed E-state index contributed by atoms with van der Waals surface area (Å²) in [5, 5.41) is 22.4. The fourth-order valence-corrected chi connectivity index (χ4v) is 2.37. The second kappa shape index (κ2) is 6.08. The number of rotatable bonds is 4. The molecule has 19 heavy (non-hydrogen) atoms. The highest BCUT2D eigenvalue weighted by molar-refractivity contribution is 9.10. The number of benzene rings is 2. The molecule has 0 aliphatic rings. The van der Waals surface area contributed by atoms with Crippen molar-refractivity contribution in [3.8, 4) is 11.5 Å². The van der Waals surface area contributed by atoms with E-state index in [0.29, 0.717) is 6.54 Å². The van der Waals surface area contributed by atoms with Crippen molar-refractivity contribution in [3.05, 3.63) is 58.1 Å². The predicted molar refractivity (Wildman–Crippen MR) is 79.2 cm³/mol. The van der Waals surface area contributed by atoms with Gasteiger partial charge in [0.25, 0.3) is 0 Å². The molecule has 0 radical (unpaired) electrons. The van der Waals surface area contributed by atoms with Crippen LogP contribution in [0, 0.1) is 0 Å². The first-order valence-corrected chi connectivity index (χ1v) is 6.85. The van der Waals surface area contributed by atoms with E-state index in [1.807, 2.05) is 25.1 Å². The summed E-state index contributed by atoms with van der Waals surface area (Å²) in [7, 11) is 0. The minimum absolute atomic E-state index is 0.000387. The first kappa shape index (κ1) is 13.9. The van der Waals surface area contributed by atoms with Crippen LogP contribution >= 0.6 is 15.9 Å². The number of phenols is 2. The van der Waals surface area contributed by atoms with Gasteiger partial charge in [-0.25, -0.2) is 0 Å². The summed E-state index contributed by atoms with van der Waals surface area (Å²) in [6.07, 6.45) is 0. The van der Waals surface area contributed by atoms with E-state index in [2.05, 4.69) is 27.3 Å². The van der Waals surface area contributed by atoms with Gasteiger partial charge in [0.1, 0.15) is 11.5 Å². The molecular weight excluding hydrogens is 306 g/mol. The number of nitrogens with one attached hydrogen (secondary N) is 1. The zero-order valence-corrected chi connectivity index (χ0v) is 12.2. The van der Waals surface area contributed by atoms with Crippen LogP contribution in [0.25, 0.3) is 0 Å². The van der Waals surface area contributed by atoms with Gasteiger partial charge in [0, 0.05) is 28.7 Å². The zero-order valence-electron chi connectivity index (χ0n) is 10.6. The fourth-order valence-electron chi connectivity index (χ4n) is 1.93. The molecule has 2 aromatic carbocycles. The van der Waals surface area contributed by atoms with Crippen LogP contribution in [0.4, 0.5) is 0 Å². The molecule has 0 aromatic heterocycles. The van der Waals surface area contributed by atoms with Gasteiger partial charge in [0.15, 0.2) is 0 Å². The largest absolute Gasteiger partial charge is 0.508 e. The van der Waals surface area contributed by atoms with Gasteiger partial charge >= 0.3 is 0 Å². The van der Waals surface area contributed by atoms with Crippen molar-refractivity contribution < 1.29 is 10.2 Å². The van der Waals surface area contributed by atoms with E-state index in [0.717, 1.165) is 10.0 Å². The van der Waals surface area contributed by atoms with E-state index in [-0.39, 0.29) is 17.5 Å². The van der Waals surface area contributed by atoms with Crippen LogP contribution in [-0.4, -0.2) is 10.2 Å². The minimum atomic E-state index is -0.000387. The first-order valence-electron chi connectivity index (χ1n) is 6.06. The Hall–Kier alpha value is -1.52. The molecule has 1 atom stereocenters. The van der Waals surface area contributed by atoms with Gasteiger partial charge < -0.3 is 15.5 Å². The number of hydrogen-bond donors (Lipinski definition) is 3. The summed E-state index contributed by atoms with van der Waals surface area (Å²) in [4.78, 5) is 0. The van der Waals surface area contributed by atoms with Crippen molar-refractivity contribution in [2.75, 3.05) is 0 Å². The number of phenolic OH excluding ortho intramolecular Hbond substituents is 2. The van der Waals surface area contributed by atoms with Crippen molar-refractivity contribution in [2.24, 2.45) is 0 Å². The molecule has 1 unspecified atom stereocenters. The lowest BCUT2D eigenvalue weighted by Gasteiger charge is -2.16. The maximum absolute atomic E-state index is 9.80. The van der Waals surface area contributed by atoms with Gasteiger partial charge in [-0.3, -0.25) is 0 Å². The van der Waals surface area contributed by atoms with Crippen LogP contribution in [0.3, 0.4) is 0 Å². The second-order valence-electron chi connectivity index (χ2n) is 4.48. The van der Waals surface area contributed by atoms with Crippen LogP contribution in [0.1, 0.15) is 24.1 Å². The highest BCUT2D eigenvalue weighted by Crippen LogP contribution is 2.27. The molecule has 3 N–H and O–H groups in total. The Labute approximate surface area is 121 Å². The molecular formula is C15H16BrNO2. The predicted octanol–water partition coefficient (Wildman–Crippen LogP) is 3.71. The topological polar surface area (TPSA) is 52.5 Å². The Balaban J connectivity index is 2.03. The van der Waals surface area contributed by atoms with E-state index < -0.39 is 0 Å². The maximum Gasteiger partial charge on any atom is 0.124 e. The molecule has 0 aliphatic heterocycles. The number of aromatic hydroxyl groups is 2. The normalized spacial score (nSPS) is 12.3. The van der Waals surface area contributed by atoms with Crippen molar-refractivity contribution >= 4 is 15.9 Å². The molecule has 4 heteroatoms. The van der Waals surface area contributed by atoms with Gasteiger partial charge in [-0.05, 0) is 30.7 Å². The Kier molecular flexibility index (Phi) is 4.45. The average molecular weight is 322 g/mol. The maximum atomic E-state index is 9.80. The summed E-state index contributed by atoms with van der Waals surface area (Å²) in [5.41, 5.74) is 1.94. The van der Waals surface area contributed by atoms with Crippen molar-refractivity contribution in [3.63, 3.8) is 0 Å². The van der Waals surface area contributed by atoms with Crippen molar-refractivity contribution in [2.45, 2.75) is 19.5 Å². The third kappa shape index (κ3) is 3.72. The van der Waals surface area contributed by atoms with Crippen LogP contribution in [0.5, 0.6) is 11.5 Å². The Morgan fingerprint density at radius 3 is 2.63 bits per heavy atom. The van der Waals surface area contributed by atoms with Gasteiger partial charge in [-0.1, -0.05) is 34.1 Å². The number of hydrogen-bond acceptors (Lipinski definition) is 3. The minimum Gasteiger partial charge on any atom is -0.508 e. The van der Waals surface area contributed by atoms with E-state index >= 15 is 0 Å². The smallest absolute Gasteiger partial charge is 0.124 e. The molecule has 0 saturated heterocycles. The van der Waals surface area contributed by atoms with Gasteiger partial charge in [0.05, 0.1) is 0 Å². The van der Waals surface area contributed by atoms with Crippen LogP contribution < -0.4 is 5.32 Å². The van der Waals surface area contributed by atoms with E-state index in [1.165, 1.54) is 11.6 Å². The molecule has 2 rings (SSSR count). The van der Waals surface area contributed by atoms with Crippen LogP contribution in [0.2, 0.25) is 0 Å². The summed E-state index contributed by atoms with van der Waals surface area (Å²) < 4.78 is 1.05. The molecule has 0 heterocycles. The quantitative estimate of drug-likeness (QED) is 0.804. The summed E-state index contributed by atoms with van der Waals surface area (Å²) in [6.45, 7) is 2.69. The third-order valence-corrected chi connectivity index (χ3v) is 3.48. The summed E-state index contributed by atoms with van der Waals surface area (Å²) >= 11 is 3.44. The van der Waals surface area contributed by atoms with Gasteiger partial charge in [-0.2, -0.15) is 0 Å². The van der Waals surface area contributed by atoms with E-state index in [4.69, 9.17) is 0 Å². The molecule has 0 saturated carbocycles. The second-order valence-corrected chi connectivity index (χ2v) is 5.39. The number of halogens is 1. The van der Waals surface area contributed by atoms with E-state index in [1.54, 1.807) is 12.1 Å². The molecule has 0 aliphatic carbocycles. The Bertz CT molecular complexity index is 572. The molecule has 100 valence electrons. The lowest BCUT2D eigenvalue weighted by Crippen LogP contribution is -2.18. The highest BCUT2D eigenvalue weighted by Gasteiger charge is 2.10. The Morgan fingerprint density at radius 2 is 1.95 bits per heavy atom. The lowest BCUT2D eigenvalue weighted by atomic mass is 10.1. The molecule has 0 amide bonds. The lowest BCUT2D eigenvalue weighted by molar-refractivity contribution is 0.436. The monoisotopic (exact) mass is 321 g/mol. The molecule has 0 bridgehead atoms. The Morgan fingerprint density at radius 1 is 1.16 bits per heavy atom. The first-order chi connectivity index (χ1) is 9.06.